The minimum atomic E-state index is 0.179. The highest BCUT2D eigenvalue weighted by Crippen LogP contribution is 2.27. The van der Waals surface area contributed by atoms with Gasteiger partial charge in [0, 0.05) is 6.20 Å². The summed E-state index contributed by atoms with van der Waals surface area (Å²) in [5.41, 5.74) is 6.38. The van der Waals surface area contributed by atoms with E-state index in [2.05, 4.69) is 48.4 Å². The zero-order valence-electron chi connectivity index (χ0n) is 10.8. The Morgan fingerprint density at radius 1 is 1.18 bits per heavy atom. The van der Waals surface area contributed by atoms with Crippen LogP contribution in [-0.2, 0) is 0 Å². The van der Waals surface area contributed by atoms with Crippen molar-refractivity contribution >= 4 is 0 Å². The molecule has 0 bridgehead atoms. The van der Waals surface area contributed by atoms with Crippen molar-refractivity contribution in [1.82, 2.24) is 15.5 Å². The molecule has 0 saturated carbocycles. The Morgan fingerprint density at radius 3 is 2.29 bits per heavy atom. The quantitative estimate of drug-likeness (QED) is 0.849. The molecule has 2 aromatic rings. The van der Waals surface area contributed by atoms with Crippen molar-refractivity contribution in [3.05, 3.63) is 52.3 Å². The number of aryl methyl sites for hydroxylation is 3. The van der Waals surface area contributed by atoms with Crippen molar-refractivity contribution in [3.63, 3.8) is 0 Å². The second-order valence-corrected chi connectivity index (χ2v) is 4.55. The number of rotatable bonds is 3. The van der Waals surface area contributed by atoms with Gasteiger partial charge in [-0.1, -0.05) is 17.7 Å². The van der Waals surface area contributed by atoms with E-state index in [1.54, 1.807) is 6.20 Å². The van der Waals surface area contributed by atoms with Gasteiger partial charge in [0.15, 0.2) is 0 Å². The number of benzene rings is 1. The highest BCUT2D eigenvalue weighted by atomic mass is 15.1. The number of nitrogens with one attached hydrogen (secondary N) is 2. The standard InChI is InChI=1S/C14H19N3/c1-9-7-10(2)13(11(3)8-9)14(15-4)12-5-6-16-17-12/h5-8,14-15H,1-4H3,(H,16,17). The predicted octanol–water partition coefficient (Wildman–Crippen LogP) is 2.64. The summed E-state index contributed by atoms with van der Waals surface area (Å²) in [4.78, 5) is 0. The van der Waals surface area contributed by atoms with E-state index in [4.69, 9.17) is 0 Å². The summed E-state index contributed by atoms with van der Waals surface area (Å²) in [7, 11) is 1.98. The van der Waals surface area contributed by atoms with Gasteiger partial charge in [0.1, 0.15) is 0 Å². The summed E-state index contributed by atoms with van der Waals surface area (Å²) in [6, 6.07) is 6.64. The smallest absolute Gasteiger partial charge is 0.0748 e. The lowest BCUT2D eigenvalue weighted by atomic mass is 9.92. The largest absolute Gasteiger partial charge is 0.308 e. The van der Waals surface area contributed by atoms with Crippen molar-refractivity contribution in [3.8, 4) is 0 Å². The monoisotopic (exact) mass is 229 g/mol. The van der Waals surface area contributed by atoms with Gasteiger partial charge >= 0.3 is 0 Å². The van der Waals surface area contributed by atoms with Crippen LogP contribution in [0.15, 0.2) is 24.4 Å². The third kappa shape index (κ3) is 2.24. The molecule has 0 aliphatic rings. The Balaban J connectivity index is 2.52. The predicted molar refractivity (Wildman–Crippen MR) is 70.1 cm³/mol. The van der Waals surface area contributed by atoms with Crippen molar-refractivity contribution < 1.29 is 0 Å². The average Bonchev–Trinajstić information content (AvgIpc) is 2.76. The molecule has 3 heteroatoms. The van der Waals surface area contributed by atoms with Gasteiger partial charge in [0.25, 0.3) is 0 Å². The summed E-state index contributed by atoms with van der Waals surface area (Å²) >= 11 is 0. The second kappa shape index (κ2) is 4.72. The van der Waals surface area contributed by atoms with Crippen LogP contribution in [0.1, 0.15) is 34.0 Å². The lowest BCUT2D eigenvalue weighted by Gasteiger charge is -2.20. The minimum Gasteiger partial charge on any atom is -0.308 e. The van der Waals surface area contributed by atoms with Crippen LogP contribution in [0.4, 0.5) is 0 Å². The lowest BCUT2D eigenvalue weighted by molar-refractivity contribution is 0.660. The summed E-state index contributed by atoms with van der Waals surface area (Å²) in [6.07, 6.45) is 1.79. The molecule has 1 aromatic heterocycles. The fourth-order valence-corrected chi connectivity index (χ4v) is 2.53. The Labute approximate surface area is 102 Å². The Morgan fingerprint density at radius 2 is 1.82 bits per heavy atom. The molecule has 2 rings (SSSR count). The first-order valence-electron chi connectivity index (χ1n) is 5.87. The third-order valence-corrected chi connectivity index (χ3v) is 3.15. The summed E-state index contributed by atoms with van der Waals surface area (Å²) in [5.74, 6) is 0. The van der Waals surface area contributed by atoms with Crippen LogP contribution in [0.25, 0.3) is 0 Å². The van der Waals surface area contributed by atoms with Crippen LogP contribution >= 0.6 is 0 Å². The van der Waals surface area contributed by atoms with Gasteiger partial charge in [-0.15, -0.1) is 0 Å². The summed E-state index contributed by atoms with van der Waals surface area (Å²) in [6.45, 7) is 6.46. The van der Waals surface area contributed by atoms with Gasteiger partial charge in [0.05, 0.1) is 11.7 Å². The van der Waals surface area contributed by atoms with Gasteiger partial charge in [-0.3, -0.25) is 5.10 Å². The lowest BCUT2D eigenvalue weighted by Crippen LogP contribution is -2.20. The van der Waals surface area contributed by atoms with E-state index in [9.17, 15) is 0 Å². The van der Waals surface area contributed by atoms with Gasteiger partial charge in [0.2, 0.25) is 0 Å². The molecule has 2 N–H and O–H groups in total. The first-order chi connectivity index (χ1) is 8.13. The summed E-state index contributed by atoms with van der Waals surface area (Å²) < 4.78 is 0. The second-order valence-electron chi connectivity index (χ2n) is 4.55. The Bertz CT molecular complexity index is 477. The number of H-pyrrole nitrogens is 1. The van der Waals surface area contributed by atoms with E-state index in [1.807, 2.05) is 13.1 Å². The van der Waals surface area contributed by atoms with Crippen LogP contribution in [0.2, 0.25) is 0 Å². The molecule has 0 saturated heterocycles. The third-order valence-electron chi connectivity index (χ3n) is 3.15. The number of nitrogens with zero attached hydrogens (tertiary/aromatic N) is 1. The van der Waals surface area contributed by atoms with E-state index in [0.717, 1.165) is 5.69 Å². The molecule has 1 heterocycles. The van der Waals surface area contributed by atoms with Gasteiger partial charge in [-0.05, 0) is 50.6 Å². The highest BCUT2D eigenvalue weighted by Gasteiger charge is 2.17. The van der Waals surface area contributed by atoms with Crippen molar-refractivity contribution in [1.29, 1.82) is 0 Å². The molecular formula is C14H19N3. The average molecular weight is 229 g/mol. The molecule has 0 aliphatic carbocycles. The van der Waals surface area contributed by atoms with Crippen LogP contribution in [0, 0.1) is 20.8 Å². The molecule has 3 nitrogen and oxygen atoms in total. The first-order valence-corrected chi connectivity index (χ1v) is 5.87. The topological polar surface area (TPSA) is 40.7 Å². The summed E-state index contributed by atoms with van der Waals surface area (Å²) in [5, 5.41) is 10.4. The van der Waals surface area contributed by atoms with E-state index >= 15 is 0 Å². The molecule has 0 radical (unpaired) electrons. The molecular weight excluding hydrogens is 210 g/mol. The zero-order chi connectivity index (χ0) is 12.4. The molecule has 90 valence electrons. The molecule has 1 atom stereocenters. The number of hydrogen-bond donors (Lipinski definition) is 2. The minimum absolute atomic E-state index is 0.179. The van der Waals surface area contributed by atoms with Crippen molar-refractivity contribution in [2.75, 3.05) is 7.05 Å². The molecule has 0 fully saturated rings. The number of aromatic amines is 1. The van der Waals surface area contributed by atoms with Crippen molar-refractivity contribution in [2.24, 2.45) is 0 Å². The van der Waals surface area contributed by atoms with E-state index in [1.165, 1.54) is 22.3 Å². The molecule has 17 heavy (non-hydrogen) atoms. The molecule has 0 aliphatic heterocycles. The normalized spacial score (nSPS) is 12.7. The highest BCUT2D eigenvalue weighted by molar-refractivity contribution is 5.42. The van der Waals surface area contributed by atoms with Crippen LogP contribution in [0.5, 0.6) is 0 Å². The Kier molecular flexibility index (Phi) is 3.29. The molecule has 1 aromatic carbocycles. The fraction of sp³-hybridized carbons (Fsp3) is 0.357. The van der Waals surface area contributed by atoms with Gasteiger partial charge in [-0.2, -0.15) is 5.10 Å². The molecule has 0 spiro atoms. The SMILES string of the molecule is CNC(c1ccn[nH]1)c1c(C)cc(C)cc1C. The maximum Gasteiger partial charge on any atom is 0.0748 e. The van der Waals surface area contributed by atoms with Crippen molar-refractivity contribution in [2.45, 2.75) is 26.8 Å². The molecule has 1 unspecified atom stereocenters. The zero-order valence-corrected chi connectivity index (χ0v) is 10.8. The molecule has 0 amide bonds. The van der Waals surface area contributed by atoms with E-state index < -0.39 is 0 Å². The van der Waals surface area contributed by atoms with Crippen LogP contribution in [0.3, 0.4) is 0 Å². The maximum absolute atomic E-state index is 4.03. The fourth-order valence-electron chi connectivity index (χ4n) is 2.53. The van der Waals surface area contributed by atoms with E-state index in [-0.39, 0.29) is 6.04 Å². The maximum atomic E-state index is 4.03. The van der Waals surface area contributed by atoms with Gasteiger partial charge in [-0.25, -0.2) is 0 Å². The van der Waals surface area contributed by atoms with E-state index in [0.29, 0.717) is 0 Å². The number of hydrogen-bond acceptors (Lipinski definition) is 2. The first kappa shape index (κ1) is 11.9. The van der Waals surface area contributed by atoms with Crippen LogP contribution < -0.4 is 5.32 Å². The van der Waals surface area contributed by atoms with Gasteiger partial charge < -0.3 is 5.32 Å². The van der Waals surface area contributed by atoms with Crippen LogP contribution in [-0.4, -0.2) is 17.2 Å². The Hall–Kier alpha value is -1.61. The number of aromatic nitrogens is 2.